The standard InChI is InChI=1S/C16H16ClN3O4/c1-24-11-6-7-13(12(17)10-11)19-16(21)8-9-18-14-4-2-3-5-15(14)20(22)23/h2-7,10,18H,8-9H2,1H3,(H,19,21). The zero-order valence-electron chi connectivity index (χ0n) is 12.9. The molecule has 0 aliphatic heterocycles. The van der Waals surface area contributed by atoms with E-state index in [1.165, 1.54) is 13.2 Å². The normalized spacial score (nSPS) is 10.1. The van der Waals surface area contributed by atoms with Crippen LogP contribution in [0.25, 0.3) is 0 Å². The van der Waals surface area contributed by atoms with Gasteiger partial charge in [-0.1, -0.05) is 23.7 Å². The molecule has 2 rings (SSSR count). The van der Waals surface area contributed by atoms with Crippen LogP contribution in [0.5, 0.6) is 5.75 Å². The first kappa shape index (κ1) is 17.6. The second kappa shape index (κ2) is 8.16. The van der Waals surface area contributed by atoms with E-state index in [2.05, 4.69) is 10.6 Å². The molecule has 0 heterocycles. The van der Waals surface area contributed by atoms with Crippen LogP contribution in [0.3, 0.4) is 0 Å². The summed E-state index contributed by atoms with van der Waals surface area (Å²) in [6.45, 7) is 0.254. The van der Waals surface area contributed by atoms with E-state index < -0.39 is 4.92 Å². The summed E-state index contributed by atoms with van der Waals surface area (Å²) in [6, 6.07) is 11.2. The lowest BCUT2D eigenvalue weighted by Gasteiger charge is -2.10. The summed E-state index contributed by atoms with van der Waals surface area (Å²) in [7, 11) is 1.53. The SMILES string of the molecule is COc1ccc(NC(=O)CCNc2ccccc2[N+](=O)[O-])c(Cl)c1. The van der Waals surface area contributed by atoms with Gasteiger partial charge in [0.2, 0.25) is 5.91 Å². The number of nitrogens with zero attached hydrogens (tertiary/aromatic N) is 1. The lowest BCUT2D eigenvalue weighted by molar-refractivity contribution is -0.384. The van der Waals surface area contributed by atoms with Crippen molar-refractivity contribution in [3.05, 3.63) is 57.6 Å². The Balaban J connectivity index is 1.89. The second-order valence-electron chi connectivity index (χ2n) is 4.84. The summed E-state index contributed by atoms with van der Waals surface area (Å²) in [5, 5.41) is 16.9. The number of methoxy groups -OCH3 is 1. The number of nitrogens with one attached hydrogen (secondary N) is 2. The summed E-state index contributed by atoms with van der Waals surface area (Å²) in [5.74, 6) is 0.337. The van der Waals surface area contributed by atoms with Crippen LogP contribution in [0.1, 0.15) is 6.42 Å². The average Bonchev–Trinajstić information content (AvgIpc) is 2.57. The highest BCUT2D eigenvalue weighted by atomic mass is 35.5. The number of nitro benzene ring substituents is 1. The zero-order valence-corrected chi connectivity index (χ0v) is 13.7. The number of para-hydroxylation sites is 2. The molecule has 7 nitrogen and oxygen atoms in total. The van der Waals surface area contributed by atoms with Crippen molar-refractivity contribution >= 4 is 34.6 Å². The molecule has 24 heavy (non-hydrogen) atoms. The molecule has 0 spiro atoms. The lowest BCUT2D eigenvalue weighted by Crippen LogP contribution is -2.16. The summed E-state index contributed by atoms with van der Waals surface area (Å²) in [6.07, 6.45) is 0.133. The van der Waals surface area contributed by atoms with Crippen molar-refractivity contribution in [3.63, 3.8) is 0 Å². The van der Waals surface area contributed by atoms with Gasteiger partial charge < -0.3 is 15.4 Å². The van der Waals surface area contributed by atoms with E-state index in [-0.39, 0.29) is 24.6 Å². The molecule has 126 valence electrons. The molecule has 8 heteroatoms. The molecule has 0 unspecified atom stereocenters. The van der Waals surface area contributed by atoms with Crippen LogP contribution in [0.4, 0.5) is 17.1 Å². The van der Waals surface area contributed by atoms with Gasteiger partial charge in [-0.05, 0) is 18.2 Å². The van der Waals surface area contributed by atoms with Gasteiger partial charge in [0.1, 0.15) is 11.4 Å². The molecule has 0 saturated heterocycles. The number of anilines is 2. The van der Waals surface area contributed by atoms with Gasteiger partial charge in [-0.3, -0.25) is 14.9 Å². The van der Waals surface area contributed by atoms with Crippen LogP contribution in [0.15, 0.2) is 42.5 Å². The Morgan fingerprint density at radius 3 is 2.67 bits per heavy atom. The molecule has 0 fully saturated rings. The van der Waals surface area contributed by atoms with Crippen molar-refractivity contribution in [1.29, 1.82) is 0 Å². The van der Waals surface area contributed by atoms with Crippen molar-refractivity contribution < 1.29 is 14.5 Å². The first-order valence-electron chi connectivity index (χ1n) is 7.12. The predicted octanol–water partition coefficient (Wildman–Crippen LogP) is 3.70. The largest absolute Gasteiger partial charge is 0.497 e. The lowest BCUT2D eigenvalue weighted by atomic mass is 10.2. The molecule has 2 aromatic carbocycles. The number of ether oxygens (including phenoxy) is 1. The van der Waals surface area contributed by atoms with Crippen LogP contribution in [-0.2, 0) is 4.79 Å². The molecule has 2 aromatic rings. The quantitative estimate of drug-likeness (QED) is 0.587. The third-order valence-electron chi connectivity index (χ3n) is 3.22. The van der Waals surface area contributed by atoms with E-state index in [9.17, 15) is 14.9 Å². The summed E-state index contributed by atoms with van der Waals surface area (Å²) < 4.78 is 5.04. The molecule has 0 saturated carbocycles. The van der Waals surface area contributed by atoms with Crippen LogP contribution >= 0.6 is 11.6 Å². The number of hydrogen-bond donors (Lipinski definition) is 2. The van der Waals surface area contributed by atoms with Gasteiger partial charge in [0, 0.05) is 25.1 Å². The summed E-state index contributed by atoms with van der Waals surface area (Å²) in [5.41, 5.74) is 0.821. The highest BCUT2D eigenvalue weighted by Gasteiger charge is 2.12. The summed E-state index contributed by atoms with van der Waals surface area (Å²) >= 11 is 6.05. The monoisotopic (exact) mass is 349 g/mol. The number of rotatable bonds is 7. The van der Waals surface area contributed by atoms with Crippen molar-refractivity contribution in [2.75, 3.05) is 24.3 Å². The molecular formula is C16H16ClN3O4. The maximum absolute atomic E-state index is 12.0. The Morgan fingerprint density at radius 2 is 2.00 bits per heavy atom. The Hall–Kier alpha value is -2.80. The van der Waals surface area contributed by atoms with E-state index in [1.54, 1.807) is 36.4 Å². The molecule has 2 N–H and O–H groups in total. The number of nitro groups is 1. The van der Waals surface area contributed by atoms with Crippen LogP contribution < -0.4 is 15.4 Å². The Bertz CT molecular complexity index is 752. The van der Waals surface area contributed by atoms with Crippen LogP contribution in [0, 0.1) is 10.1 Å². The minimum absolute atomic E-state index is 0.0314. The molecule has 0 radical (unpaired) electrons. The minimum atomic E-state index is -0.473. The molecule has 0 aliphatic carbocycles. The van der Waals surface area contributed by atoms with E-state index in [4.69, 9.17) is 16.3 Å². The van der Waals surface area contributed by atoms with Gasteiger partial charge in [-0.25, -0.2) is 0 Å². The van der Waals surface area contributed by atoms with Gasteiger partial charge in [0.05, 0.1) is 22.7 Å². The Morgan fingerprint density at radius 1 is 1.25 bits per heavy atom. The molecule has 1 amide bonds. The summed E-state index contributed by atoms with van der Waals surface area (Å²) in [4.78, 5) is 22.4. The first-order chi connectivity index (χ1) is 11.5. The molecule has 0 aromatic heterocycles. The number of carbonyl (C=O) groups is 1. The highest BCUT2D eigenvalue weighted by Crippen LogP contribution is 2.27. The van der Waals surface area contributed by atoms with Gasteiger partial charge >= 0.3 is 0 Å². The van der Waals surface area contributed by atoms with Gasteiger partial charge in [-0.2, -0.15) is 0 Å². The molecule has 0 atom stereocenters. The van der Waals surface area contributed by atoms with Gasteiger partial charge in [0.15, 0.2) is 0 Å². The van der Waals surface area contributed by atoms with E-state index >= 15 is 0 Å². The number of halogens is 1. The third kappa shape index (κ3) is 4.60. The molecule has 0 bridgehead atoms. The average molecular weight is 350 g/mol. The zero-order chi connectivity index (χ0) is 17.5. The van der Waals surface area contributed by atoms with Crippen LogP contribution in [0.2, 0.25) is 5.02 Å². The predicted molar refractivity (Wildman–Crippen MR) is 92.8 cm³/mol. The van der Waals surface area contributed by atoms with Crippen molar-refractivity contribution in [2.45, 2.75) is 6.42 Å². The number of carbonyl (C=O) groups excluding carboxylic acids is 1. The number of hydrogen-bond acceptors (Lipinski definition) is 5. The van der Waals surface area contributed by atoms with E-state index in [0.717, 1.165) is 0 Å². The van der Waals surface area contributed by atoms with Gasteiger partial charge in [0.25, 0.3) is 5.69 Å². The third-order valence-corrected chi connectivity index (χ3v) is 3.53. The van der Waals surface area contributed by atoms with E-state index in [0.29, 0.717) is 22.1 Å². The fourth-order valence-electron chi connectivity index (χ4n) is 2.03. The smallest absolute Gasteiger partial charge is 0.292 e. The molecule has 0 aliphatic rings. The maximum atomic E-state index is 12.0. The van der Waals surface area contributed by atoms with Crippen molar-refractivity contribution in [3.8, 4) is 5.75 Å². The second-order valence-corrected chi connectivity index (χ2v) is 5.25. The Labute approximate surface area is 143 Å². The Kier molecular flexibility index (Phi) is 5.97. The van der Waals surface area contributed by atoms with Crippen molar-refractivity contribution in [1.82, 2.24) is 0 Å². The topological polar surface area (TPSA) is 93.5 Å². The van der Waals surface area contributed by atoms with E-state index in [1.807, 2.05) is 0 Å². The first-order valence-corrected chi connectivity index (χ1v) is 7.49. The number of benzene rings is 2. The number of amides is 1. The fourth-order valence-corrected chi connectivity index (χ4v) is 2.25. The van der Waals surface area contributed by atoms with Crippen LogP contribution in [-0.4, -0.2) is 24.5 Å². The minimum Gasteiger partial charge on any atom is -0.497 e. The maximum Gasteiger partial charge on any atom is 0.292 e. The molecular weight excluding hydrogens is 334 g/mol. The highest BCUT2D eigenvalue weighted by molar-refractivity contribution is 6.33. The van der Waals surface area contributed by atoms with Crippen molar-refractivity contribution in [2.24, 2.45) is 0 Å². The van der Waals surface area contributed by atoms with Gasteiger partial charge in [-0.15, -0.1) is 0 Å². The fraction of sp³-hybridized carbons (Fsp3) is 0.188.